The minimum Gasteiger partial charge on any atom is -0.378 e. The van der Waals surface area contributed by atoms with Crippen LogP contribution < -0.4 is 15.1 Å². The monoisotopic (exact) mass is 568 g/mol. The molecule has 0 spiro atoms. The summed E-state index contributed by atoms with van der Waals surface area (Å²) < 4.78 is 11.2. The van der Waals surface area contributed by atoms with E-state index in [0.29, 0.717) is 64.7 Å². The van der Waals surface area contributed by atoms with Gasteiger partial charge < -0.3 is 24.6 Å². The Kier molecular flexibility index (Phi) is 6.66. The normalized spacial score (nSPS) is 22.0. The summed E-state index contributed by atoms with van der Waals surface area (Å²) in [6.07, 6.45) is 1.19. The van der Waals surface area contributed by atoms with Gasteiger partial charge >= 0.3 is 0 Å². The predicted molar refractivity (Wildman–Crippen MR) is 164 cm³/mol. The number of nitrogens with zero attached hydrogens (tertiary/aromatic N) is 3. The number of rotatable bonds is 4. The lowest BCUT2D eigenvalue weighted by molar-refractivity contribution is -0.384. The van der Waals surface area contributed by atoms with Gasteiger partial charge in [0.15, 0.2) is 5.78 Å². The highest BCUT2D eigenvalue weighted by atomic mass is 16.6. The Morgan fingerprint density at radius 2 is 1.57 bits per heavy atom. The molecule has 218 valence electrons. The van der Waals surface area contributed by atoms with E-state index in [0.717, 1.165) is 50.8 Å². The standard InChI is InChI=1S/C33H36N4O5/c1-33(2)19-24-30-22-6-4-3-5-21(22)7-8-25(30)34-32(31(24)29(38)20-33)23-17-28(37(39)40)27(36-11-15-42-16-12-36)18-26(23)35-9-13-41-14-10-35/h3-8,17-18,32,34H,9-16,19-20H2,1-2H3/t32-/m0/s1. The number of nitrogens with one attached hydrogen (secondary N) is 1. The number of nitro groups is 1. The molecule has 4 aliphatic rings. The second-order valence-electron chi connectivity index (χ2n) is 12.5. The Morgan fingerprint density at radius 1 is 0.905 bits per heavy atom. The van der Waals surface area contributed by atoms with Gasteiger partial charge in [0.05, 0.1) is 37.4 Å². The number of Topliss-reactive ketones (excluding diaryl/α,β-unsaturated/α-hetero) is 1. The van der Waals surface area contributed by atoms with Crippen LogP contribution in [0.15, 0.2) is 54.1 Å². The summed E-state index contributed by atoms with van der Waals surface area (Å²) in [5.74, 6) is 0.102. The number of allylic oxidation sites excluding steroid dienone is 1. The molecule has 3 aromatic rings. The summed E-state index contributed by atoms with van der Waals surface area (Å²) in [4.78, 5) is 30.7. The lowest BCUT2D eigenvalue weighted by atomic mass is 9.67. The van der Waals surface area contributed by atoms with Crippen molar-refractivity contribution < 1.29 is 19.2 Å². The zero-order chi connectivity index (χ0) is 29.0. The molecule has 3 aliphatic heterocycles. The van der Waals surface area contributed by atoms with E-state index < -0.39 is 6.04 Å². The highest BCUT2D eigenvalue weighted by Crippen LogP contribution is 2.54. The van der Waals surface area contributed by atoms with E-state index in [1.54, 1.807) is 6.07 Å². The maximum absolute atomic E-state index is 14.1. The highest BCUT2D eigenvalue weighted by molar-refractivity contribution is 6.13. The van der Waals surface area contributed by atoms with Crippen LogP contribution in [-0.4, -0.2) is 63.3 Å². The molecule has 0 aromatic heterocycles. The van der Waals surface area contributed by atoms with Crippen LogP contribution in [0.5, 0.6) is 0 Å². The van der Waals surface area contributed by atoms with E-state index in [-0.39, 0.29) is 21.8 Å². The van der Waals surface area contributed by atoms with Gasteiger partial charge in [-0.2, -0.15) is 0 Å². The molecule has 1 N–H and O–H groups in total. The molecule has 1 atom stereocenters. The van der Waals surface area contributed by atoms with Gasteiger partial charge in [-0.15, -0.1) is 0 Å². The molecule has 42 heavy (non-hydrogen) atoms. The second-order valence-corrected chi connectivity index (χ2v) is 12.5. The van der Waals surface area contributed by atoms with Crippen molar-refractivity contribution in [3.05, 3.63) is 75.3 Å². The minimum absolute atomic E-state index is 0.0563. The molecular formula is C33H36N4O5. The Bertz CT molecular complexity index is 1620. The number of ether oxygens (including phenoxy) is 2. The number of hydrogen-bond acceptors (Lipinski definition) is 8. The molecule has 3 heterocycles. The minimum atomic E-state index is -0.507. The third-order valence-electron chi connectivity index (χ3n) is 9.07. The maximum atomic E-state index is 14.1. The third kappa shape index (κ3) is 4.61. The number of morpholine rings is 2. The number of ketones is 1. The fraction of sp³-hybridized carbons (Fsp3) is 0.424. The number of carbonyl (C=O) groups is 1. The number of fused-ring (bicyclic) bond motifs is 4. The van der Waals surface area contributed by atoms with Gasteiger partial charge in [-0.25, -0.2) is 0 Å². The van der Waals surface area contributed by atoms with Gasteiger partial charge in [0.25, 0.3) is 5.69 Å². The molecule has 1 aliphatic carbocycles. The van der Waals surface area contributed by atoms with Crippen LogP contribution in [-0.2, 0) is 14.3 Å². The molecule has 9 heteroatoms. The molecule has 0 bridgehead atoms. The summed E-state index contributed by atoms with van der Waals surface area (Å²) in [5, 5.41) is 18.5. The summed E-state index contributed by atoms with van der Waals surface area (Å²) in [7, 11) is 0. The number of benzene rings is 3. The molecule has 0 unspecified atom stereocenters. The molecule has 3 aromatic carbocycles. The average Bonchev–Trinajstić information content (AvgIpc) is 3.00. The quantitative estimate of drug-likeness (QED) is 0.315. The Morgan fingerprint density at radius 3 is 2.26 bits per heavy atom. The summed E-state index contributed by atoms with van der Waals surface area (Å²) in [6.45, 7) is 9.05. The summed E-state index contributed by atoms with van der Waals surface area (Å²) in [5.41, 5.74) is 5.97. The molecule has 7 rings (SSSR count). The van der Waals surface area contributed by atoms with Crippen LogP contribution in [0.4, 0.5) is 22.7 Å². The van der Waals surface area contributed by atoms with E-state index in [1.165, 1.54) is 0 Å². The zero-order valence-corrected chi connectivity index (χ0v) is 24.2. The van der Waals surface area contributed by atoms with Crippen molar-refractivity contribution in [3.63, 3.8) is 0 Å². The van der Waals surface area contributed by atoms with Crippen molar-refractivity contribution in [1.82, 2.24) is 0 Å². The molecule has 0 amide bonds. The Balaban J connectivity index is 1.47. The number of carbonyl (C=O) groups excluding carboxylic acids is 1. The zero-order valence-electron chi connectivity index (χ0n) is 24.2. The van der Waals surface area contributed by atoms with Crippen molar-refractivity contribution in [3.8, 4) is 0 Å². The Labute approximate surface area is 245 Å². The molecule has 0 saturated carbocycles. The predicted octanol–water partition coefficient (Wildman–Crippen LogP) is 5.73. The third-order valence-corrected chi connectivity index (χ3v) is 9.07. The second kappa shape index (κ2) is 10.4. The largest absolute Gasteiger partial charge is 0.378 e. The SMILES string of the molecule is CC1(C)CC(=O)C2=C(C1)c1c(ccc3ccccc13)N[C@H]2c1cc([N+](=O)[O-])c(N2CCOCC2)cc1N1CCOCC1. The molecule has 0 radical (unpaired) electrons. The van der Waals surface area contributed by atoms with Gasteiger partial charge in [0.1, 0.15) is 5.69 Å². The van der Waals surface area contributed by atoms with Crippen LogP contribution in [0, 0.1) is 15.5 Å². The topological polar surface area (TPSA) is 97.2 Å². The van der Waals surface area contributed by atoms with Gasteiger partial charge in [0.2, 0.25) is 0 Å². The molecular weight excluding hydrogens is 532 g/mol. The van der Waals surface area contributed by atoms with Crippen LogP contribution in [0.1, 0.15) is 43.9 Å². The first-order valence-electron chi connectivity index (χ1n) is 14.8. The van der Waals surface area contributed by atoms with Crippen molar-refractivity contribution in [2.24, 2.45) is 5.41 Å². The van der Waals surface area contributed by atoms with E-state index >= 15 is 0 Å². The van der Waals surface area contributed by atoms with Crippen molar-refractivity contribution in [2.45, 2.75) is 32.7 Å². The van der Waals surface area contributed by atoms with E-state index in [1.807, 2.05) is 23.1 Å². The van der Waals surface area contributed by atoms with E-state index in [4.69, 9.17) is 9.47 Å². The Hall–Kier alpha value is -3.95. The van der Waals surface area contributed by atoms with Crippen LogP contribution in [0.25, 0.3) is 16.3 Å². The number of nitro benzene ring substituents is 1. The lowest BCUT2D eigenvalue weighted by Gasteiger charge is -2.41. The lowest BCUT2D eigenvalue weighted by Crippen LogP contribution is -2.39. The van der Waals surface area contributed by atoms with Crippen molar-refractivity contribution in [1.29, 1.82) is 0 Å². The van der Waals surface area contributed by atoms with Crippen molar-refractivity contribution in [2.75, 3.05) is 67.7 Å². The van der Waals surface area contributed by atoms with Crippen LogP contribution >= 0.6 is 0 Å². The smallest absolute Gasteiger partial charge is 0.293 e. The van der Waals surface area contributed by atoms with Gasteiger partial charge in [-0.05, 0) is 40.3 Å². The van der Waals surface area contributed by atoms with Crippen LogP contribution in [0.2, 0.25) is 0 Å². The summed E-state index contributed by atoms with van der Waals surface area (Å²) in [6, 6.07) is 15.7. The number of anilines is 3. The maximum Gasteiger partial charge on any atom is 0.293 e. The van der Waals surface area contributed by atoms with Gasteiger partial charge in [-0.1, -0.05) is 44.2 Å². The number of hydrogen-bond donors (Lipinski definition) is 1. The van der Waals surface area contributed by atoms with E-state index in [9.17, 15) is 14.9 Å². The van der Waals surface area contributed by atoms with Gasteiger partial charge in [0, 0.05) is 66.7 Å². The first kappa shape index (κ1) is 26.9. The molecule has 9 nitrogen and oxygen atoms in total. The first-order valence-corrected chi connectivity index (χ1v) is 14.8. The first-order chi connectivity index (χ1) is 20.3. The van der Waals surface area contributed by atoms with Crippen molar-refractivity contribution >= 4 is 44.9 Å². The summed E-state index contributed by atoms with van der Waals surface area (Å²) >= 11 is 0. The molecule has 2 saturated heterocycles. The van der Waals surface area contributed by atoms with Crippen LogP contribution in [0.3, 0.4) is 0 Å². The fourth-order valence-electron chi connectivity index (χ4n) is 7.17. The fourth-order valence-corrected chi connectivity index (χ4v) is 7.17. The highest BCUT2D eigenvalue weighted by Gasteiger charge is 2.42. The molecule has 2 fully saturated rings. The van der Waals surface area contributed by atoms with Gasteiger partial charge in [-0.3, -0.25) is 14.9 Å². The van der Waals surface area contributed by atoms with E-state index in [2.05, 4.69) is 48.3 Å². The average molecular weight is 569 g/mol.